The Kier molecular flexibility index (Phi) is 3.66. The van der Waals surface area contributed by atoms with Gasteiger partial charge in [0, 0.05) is 25.5 Å². The molecule has 1 N–H and O–H groups in total. The summed E-state index contributed by atoms with van der Waals surface area (Å²) >= 11 is 0. The highest BCUT2D eigenvalue weighted by Gasteiger charge is 2.46. The highest BCUT2D eigenvalue weighted by molar-refractivity contribution is 5.75. The van der Waals surface area contributed by atoms with E-state index >= 15 is 0 Å². The first-order valence-corrected chi connectivity index (χ1v) is 6.39. The Morgan fingerprint density at radius 2 is 2.17 bits per heavy atom. The molecule has 0 radical (unpaired) electrons. The third-order valence-electron chi connectivity index (χ3n) is 4.07. The van der Waals surface area contributed by atoms with Gasteiger partial charge in [-0.05, 0) is 36.6 Å². The molecule has 0 amide bonds. The molecule has 1 aliphatic rings. The number of carboxylic acid groups (broad SMARTS) is 1. The first-order chi connectivity index (χ1) is 8.54. The van der Waals surface area contributed by atoms with Crippen molar-refractivity contribution < 1.29 is 9.90 Å². The normalized spacial score (nSPS) is 24.6. The topological polar surface area (TPSA) is 53.4 Å². The molecule has 1 saturated heterocycles. The number of nitrogens with zero attached hydrogens (tertiary/aromatic N) is 2. The molecular weight excluding hydrogens is 228 g/mol. The zero-order valence-electron chi connectivity index (χ0n) is 11.0. The number of hydrogen-bond acceptors (Lipinski definition) is 3. The van der Waals surface area contributed by atoms with Crippen molar-refractivity contribution in [1.29, 1.82) is 0 Å². The maximum absolute atomic E-state index is 11.5. The molecule has 1 fully saturated rings. The second-order valence-electron chi connectivity index (χ2n) is 5.43. The summed E-state index contributed by atoms with van der Waals surface area (Å²) in [7, 11) is 0. The fraction of sp³-hybridized carbons (Fsp3) is 0.571. The lowest BCUT2D eigenvalue weighted by molar-refractivity contribution is -0.151. The molecule has 0 saturated carbocycles. The third kappa shape index (κ3) is 2.38. The minimum Gasteiger partial charge on any atom is -0.481 e. The SMILES string of the molecule is CC(C)C1(C(=O)O)CCN(Cc2ccncc2)C1. The van der Waals surface area contributed by atoms with Gasteiger partial charge in [0.2, 0.25) is 0 Å². The van der Waals surface area contributed by atoms with E-state index in [0.29, 0.717) is 6.54 Å². The maximum atomic E-state index is 11.5. The number of hydrogen-bond donors (Lipinski definition) is 1. The molecule has 0 bridgehead atoms. The number of aliphatic carboxylic acids is 1. The number of rotatable bonds is 4. The van der Waals surface area contributed by atoms with Crippen LogP contribution in [0.1, 0.15) is 25.8 Å². The van der Waals surface area contributed by atoms with Crippen LogP contribution >= 0.6 is 0 Å². The van der Waals surface area contributed by atoms with E-state index in [9.17, 15) is 9.90 Å². The Labute approximate surface area is 108 Å². The summed E-state index contributed by atoms with van der Waals surface area (Å²) in [5.74, 6) is -0.493. The van der Waals surface area contributed by atoms with Gasteiger partial charge in [-0.3, -0.25) is 14.7 Å². The summed E-state index contributed by atoms with van der Waals surface area (Å²) in [6.07, 6.45) is 4.29. The van der Waals surface area contributed by atoms with Gasteiger partial charge in [0.15, 0.2) is 0 Å². The molecule has 2 heterocycles. The fourth-order valence-electron chi connectivity index (χ4n) is 2.69. The summed E-state index contributed by atoms with van der Waals surface area (Å²) in [5, 5.41) is 9.48. The van der Waals surface area contributed by atoms with Gasteiger partial charge < -0.3 is 5.11 Å². The minimum absolute atomic E-state index is 0.164. The van der Waals surface area contributed by atoms with Crippen LogP contribution in [0.3, 0.4) is 0 Å². The average Bonchev–Trinajstić information content (AvgIpc) is 2.76. The predicted molar refractivity (Wildman–Crippen MR) is 69.0 cm³/mol. The van der Waals surface area contributed by atoms with Crippen LogP contribution in [0.2, 0.25) is 0 Å². The van der Waals surface area contributed by atoms with Crippen molar-refractivity contribution in [2.45, 2.75) is 26.8 Å². The van der Waals surface area contributed by atoms with E-state index in [1.165, 1.54) is 5.56 Å². The van der Waals surface area contributed by atoms with Gasteiger partial charge >= 0.3 is 5.97 Å². The van der Waals surface area contributed by atoms with Crippen molar-refractivity contribution in [3.8, 4) is 0 Å². The number of carboxylic acids is 1. The zero-order valence-corrected chi connectivity index (χ0v) is 11.0. The van der Waals surface area contributed by atoms with Crippen LogP contribution in [0.4, 0.5) is 0 Å². The Morgan fingerprint density at radius 3 is 2.67 bits per heavy atom. The van der Waals surface area contributed by atoms with Crippen molar-refractivity contribution >= 4 is 5.97 Å². The van der Waals surface area contributed by atoms with Gasteiger partial charge in [0.05, 0.1) is 5.41 Å². The van der Waals surface area contributed by atoms with Gasteiger partial charge in [-0.2, -0.15) is 0 Å². The Morgan fingerprint density at radius 1 is 1.50 bits per heavy atom. The van der Waals surface area contributed by atoms with Crippen molar-refractivity contribution in [3.63, 3.8) is 0 Å². The van der Waals surface area contributed by atoms with E-state index in [1.54, 1.807) is 12.4 Å². The van der Waals surface area contributed by atoms with Crippen molar-refractivity contribution in [2.75, 3.05) is 13.1 Å². The average molecular weight is 248 g/mol. The molecule has 4 nitrogen and oxygen atoms in total. The van der Waals surface area contributed by atoms with Gasteiger partial charge in [-0.25, -0.2) is 0 Å². The van der Waals surface area contributed by atoms with Crippen LogP contribution in [0, 0.1) is 11.3 Å². The van der Waals surface area contributed by atoms with Crippen LogP contribution in [-0.2, 0) is 11.3 Å². The number of likely N-dealkylation sites (tertiary alicyclic amines) is 1. The quantitative estimate of drug-likeness (QED) is 0.885. The lowest BCUT2D eigenvalue weighted by Gasteiger charge is -2.28. The van der Waals surface area contributed by atoms with Crippen LogP contribution in [0.15, 0.2) is 24.5 Å². The van der Waals surface area contributed by atoms with Gasteiger partial charge in [-0.15, -0.1) is 0 Å². The molecule has 4 heteroatoms. The van der Waals surface area contributed by atoms with E-state index < -0.39 is 11.4 Å². The van der Waals surface area contributed by atoms with E-state index in [-0.39, 0.29) is 5.92 Å². The zero-order chi connectivity index (χ0) is 13.2. The van der Waals surface area contributed by atoms with E-state index in [0.717, 1.165) is 19.5 Å². The Hall–Kier alpha value is -1.42. The smallest absolute Gasteiger partial charge is 0.311 e. The molecule has 0 aromatic carbocycles. The number of pyridine rings is 1. The molecule has 1 unspecified atom stereocenters. The van der Waals surface area contributed by atoms with Crippen molar-refractivity contribution in [1.82, 2.24) is 9.88 Å². The van der Waals surface area contributed by atoms with E-state index in [4.69, 9.17) is 0 Å². The Balaban J connectivity index is 2.06. The van der Waals surface area contributed by atoms with E-state index in [1.807, 2.05) is 26.0 Å². The molecule has 18 heavy (non-hydrogen) atoms. The standard InChI is InChI=1S/C14H20N2O2/c1-11(2)14(13(17)18)5-8-16(10-14)9-12-3-6-15-7-4-12/h3-4,6-7,11H,5,8-10H2,1-2H3,(H,17,18). The lowest BCUT2D eigenvalue weighted by atomic mass is 9.76. The number of carbonyl (C=O) groups is 1. The van der Waals surface area contributed by atoms with E-state index in [2.05, 4.69) is 9.88 Å². The summed E-state index contributed by atoms with van der Waals surface area (Å²) in [4.78, 5) is 17.7. The fourth-order valence-corrected chi connectivity index (χ4v) is 2.69. The van der Waals surface area contributed by atoms with Crippen LogP contribution in [0.5, 0.6) is 0 Å². The third-order valence-corrected chi connectivity index (χ3v) is 4.07. The van der Waals surface area contributed by atoms with Crippen LogP contribution in [-0.4, -0.2) is 34.0 Å². The van der Waals surface area contributed by atoms with Gasteiger partial charge in [0.25, 0.3) is 0 Å². The monoisotopic (exact) mass is 248 g/mol. The summed E-state index contributed by atoms with van der Waals surface area (Å²) in [6.45, 7) is 6.31. The second kappa shape index (κ2) is 5.06. The summed E-state index contributed by atoms with van der Waals surface area (Å²) < 4.78 is 0. The molecule has 0 spiro atoms. The molecule has 2 rings (SSSR count). The second-order valence-corrected chi connectivity index (χ2v) is 5.43. The maximum Gasteiger partial charge on any atom is 0.311 e. The lowest BCUT2D eigenvalue weighted by Crippen LogP contribution is -2.39. The first kappa shape index (κ1) is 13.0. The summed E-state index contributed by atoms with van der Waals surface area (Å²) in [6, 6.07) is 3.96. The molecule has 1 aromatic heterocycles. The number of aromatic nitrogens is 1. The highest BCUT2D eigenvalue weighted by atomic mass is 16.4. The molecule has 1 aliphatic heterocycles. The first-order valence-electron chi connectivity index (χ1n) is 6.39. The van der Waals surface area contributed by atoms with Crippen molar-refractivity contribution in [2.24, 2.45) is 11.3 Å². The van der Waals surface area contributed by atoms with Crippen molar-refractivity contribution in [3.05, 3.63) is 30.1 Å². The molecular formula is C14H20N2O2. The largest absolute Gasteiger partial charge is 0.481 e. The highest BCUT2D eigenvalue weighted by Crippen LogP contribution is 2.38. The molecule has 1 atom stereocenters. The molecule has 0 aliphatic carbocycles. The van der Waals surface area contributed by atoms with Gasteiger partial charge in [-0.1, -0.05) is 13.8 Å². The van der Waals surface area contributed by atoms with Gasteiger partial charge in [0.1, 0.15) is 0 Å². The predicted octanol–water partition coefficient (Wildman–Crippen LogP) is 2.01. The molecule has 1 aromatic rings. The van der Waals surface area contributed by atoms with Crippen LogP contribution in [0.25, 0.3) is 0 Å². The Bertz CT molecular complexity index is 419. The summed E-state index contributed by atoms with van der Waals surface area (Å²) in [5.41, 5.74) is 0.613. The van der Waals surface area contributed by atoms with Crippen LogP contribution < -0.4 is 0 Å². The molecule has 98 valence electrons. The minimum atomic E-state index is -0.658.